The second-order valence-electron chi connectivity index (χ2n) is 6.97. The average Bonchev–Trinajstić information content (AvgIpc) is 2.88. The predicted molar refractivity (Wildman–Crippen MR) is 78.7 cm³/mol. The normalized spacial score (nSPS) is 34.2. The van der Waals surface area contributed by atoms with E-state index in [1.54, 1.807) is 0 Å². The minimum Gasteiger partial charge on any atom is -0.355 e. The second-order valence-corrected chi connectivity index (χ2v) is 6.97. The van der Waals surface area contributed by atoms with Gasteiger partial charge in [0, 0.05) is 12.6 Å². The molecule has 0 spiro atoms. The van der Waals surface area contributed by atoms with Crippen molar-refractivity contribution in [3.05, 3.63) is 0 Å². The Morgan fingerprint density at radius 3 is 2.63 bits per heavy atom. The van der Waals surface area contributed by atoms with E-state index in [2.05, 4.69) is 19.2 Å². The van der Waals surface area contributed by atoms with E-state index in [1.165, 1.54) is 38.5 Å². The van der Waals surface area contributed by atoms with Gasteiger partial charge in [0.1, 0.15) is 0 Å². The van der Waals surface area contributed by atoms with E-state index >= 15 is 0 Å². The Morgan fingerprint density at radius 2 is 2.00 bits per heavy atom. The van der Waals surface area contributed by atoms with Crippen LogP contribution in [0.5, 0.6) is 0 Å². The van der Waals surface area contributed by atoms with Crippen molar-refractivity contribution in [2.24, 2.45) is 23.0 Å². The summed E-state index contributed by atoms with van der Waals surface area (Å²) in [7, 11) is 0. The first-order chi connectivity index (χ1) is 9.06. The highest BCUT2D eigenvalue weighted by molar-refractivity contribution is 5.79. The number of nitrogens with two attached hydrogens (primary N) is 1. The van der Waals surface area contributed by atoms with Crippen LogP contribution in [0.25, 0.3) is 0 Å². The molecule has 2 aliphatic rings. The Morgan fingerprint density at radius 1 is 1.32 bits per heavy atom. The van der Waals surface area contributed by atoms with E-state index in [-0.39, 0.29) is 17.9 Å². The van der Waals surface area contributed by atoms with Crippen LogP contribution in [0.3, 0.4) is 0 Å². The van der Waals surface area contributed by atoms with Crippen LogP contribution in [-0.4, -0.2) is 18.5 Å². The van der Waals surface area contributed by atoms with Gasteiger partial charge in [-0.3, -0.25) is 4.79 Å². The second kappa shape index (κ2) is 6.25. The lowest BCUT2D eigenvalue weighted by Gasteiger charge is -2.33. The van der Waals surface area contributed by atoms with Gasteiger partial charge < -0.3 is 11.1 Å². The molecular weight excluding hydrogens is 236 g/mol. The number of carbonyl (C=O) groups excluding carboxylic acids is 1. The third-order valence-electron chi connectivity index (χ3n) is 5.55. The van der Waals surface area contributed by atoms with E-state index in [4.69, 9.17) is 5.73 Å². The molecule has 3 N–H and O–H groups in total. The van der Waals surface area contributed by atoms with Gasteiger partial charge in [0.05, 0.1) is 5.92 Å². The van der Waals surface area contributed by atoms with Crippen LogP contribution in [0.1, 0.15) is 65.2 Å². The molecule has 19 heavy (non-hydrogen) atoms. The molecule has 2 fully saturated rings. The Balaban J connectivity index is 1.86. The van der Waals surface area contributed by atoms with E-state index in [1.807, 2.05) is 0 Å². The molecule has 0 aromatic carbocycles. The minimum atomic E-state index is 0.0408. The van der Waals surface area contributed by atoms with Crippen LogP contribution in [-0.2, 0) is 4.79 Å². The lowest BCUT2D eigenvalue weighted by atomic mass is 9.78. The van der Waals surface area contributed by atoms with Crippen molar-refractivity contribution < 1.29 is 4.79 Å². The van der Waals surface area contributed by atoms with Crippen LogP contribution in [0.4, 0.5) is 0 Å². The summed E-state index contributed by atoms with van der Waals surface area (Å²) in [6.07, 6.45) is 9.51. The fraction of sp³-hybridized carbons (Fsp3) is 0.938. The van der Waals surface area contributed by atoms with Gasteiger partial charge in [-0.05, 0) is 49.9 Å². The van der Waals surface area contributed by atoms with E-state index in [9.17, 15) is 4.79 Å². The van der Waals surface area contributed by atoms with Crippen LogP contribution < -0.4 is 11.1 Å². The van der Waals surface area contributed by atoms with Crippen molar-refractivity contribution in [2.45, 2.75) is 71.3 Å². The maximum atomic E-state index is 12.4. The topological polar surface area (TPSA) is 55.1 Å². The monoisotopic (exact) mass is 266 g/mol. The molecule has 0 radical (unpaired) electrons. The van der Waals surface area contributed by atoms with Gasteiger partial charge in [-0.15, -0.1) is 0 Å². The lowest BCUT2D eigenvalue weighted by molar-refractivity contribution is -0.127. The van der Waals surface area contributed by atoms with Crippen molar-refractivity contribution in [1.29, 1.82) is 0 Å². The highest BCUT2D eigenvalue weighted by atomic mass is 16.1. The van der Waals surface area contributed by atoms with Crippen LogP contribution >= 0.6 is 0 Å². The van der Waals surface area contributed by atoms with Gasteiger partial charge in [0.2, 0.25) is 5.91 Å². The highest BCUT2D eigenvalue weighted by Crippen LogP contribution is 2.40. The third-order valence-corrected chi connectivity index (χ3v) is 5.55. The number of hydrogen-bond acceptors (Lipinski definition) is 2. The standard InChI is InChI=1S/C16H30N2O/c1-3-16(8-4-5-9-16)11-18-15(19)13-10-12(2)6-7-14(13)17/h12-14H,3-11,17H2,1-2H3,(H,18,19). The van der Waals surface area contributed by atoms with Crippen molar-refractivity contribution in [3.8, 4) is 0 Å². The van der Waals surface area contributed by atoms with Crippen molar-refractivity contribution in [1.82, 2.24) is 5.32 Å². The molecule has 2 aliphatic carbocycles. The summed E-state index contributed by atoms with van der Waals surface area (Å²) in [5.74, 6) is 0.889. The summed E-state index contributed by atoms with van der Waals surface area (Å²) < 4.78 is 0. The number of amides is 1. The van der Waals surface area contributed by atoms with Crippen molar-refractivity contribution >= 4 is 5.91 Å². The van der Waals surface area contributed by atoms with E-state index in [0.717, 1.165) is 19.4 Å². The lowest BCUT2D eigenvalue weighted by Crippen LogP contribution is -2.47. The number of hydrogen-bond donors (Lipinski definition) is 2. The SMILES string of the molecule is CCC1(CNC(=O)C2CC(C)CCC2N)CCCC1. The zero-order valence-electron chi connectivity index (χ0n) is 12.6. The predicted octanol–water partition coefficient (Wildman–Crippen LogP) is 2.84. The summed E-state index contributed by atoms with van der Waals surface area (Å²) >= 11 is 0. The fourth-order valence-corrected chi connectivity index (χ4v) is 3.89. The number of carbonyl (C=O) groups is 1. The molecule has 110 valence electrons. The van der Waals surface area contributed by atoms with Gasteiger partial charge in [-0.1, -0.05) is 26.7 Å². The van der Waals surface area contributed by atoms with Crippen LogP contribution in [0.2, 0.25) is 0 Å². The van der Waals surface area contributed by atoms with Crippen molar-refractivity contribution in [3.63, 3.8) is 0 Å². The van der Waals surface area contributed by atoms with Gasteiger partial charge in [0.15, 0.2) is 0 Å². The Kier molecular flexibility index (Phi) is 4.88. The maximum Gasteiger partial charge on any atom is 0.224 e. The van der Waals surface area contributed by atoms with E-state index in [0.29, 0.717) is 11.3 Å². The van der Waals surface area contributed by atoms with Crippen LogP contribution in [0, 0.1) is 17.3 Å². The molecule has 0 bridgehead atoms. The maximum absolute atomic E-state index is 12.4. The smallest absolute Gasteiger partial charge is 0.224 e. The quantitative estimate of drug-likeness (QED) is 0.822. The molecule has 3 nitrogen and oxygen atoms in total. The Labute approximate surface area is 117 Å². The summed E-state index contributed by atoms with van der Waals surface area (Å²) in [5, 5.41) is 3.22. The number of nitrogens with one attached hydrogen (secondary N) is 1. The molecule has 0 aliphatic heterocycles. The molecule has 0 heterocycles. The van der Waals surface area contributed by atoms with Gasteiger partial charge >= 0.3 is 0 Å². The molecule has 3 atom stereocenters. The van der Waals surface area contributed by atoms with Gasteiger partial charge in [-0.2, -0.15) is 0 Å². The summed E-state index contributed by atoms with van der Waals surface area (Å²) in [5.41, 5.74) is 6.51. The fourth-order valence-electron chi connectivity index (χ4n) is 3.89. The Hall–Kier alpha value is -0.570. The zero-order chi connectivity index (χ0) is 13.9. The largest absolute Gasteiger partial charge is 0.355 e. The minimum absolute atomic E-state index is 0.0408. The molecule has 2 rings (SSSR count). The molecule has 0 aromatic heterocycles. The molecule has 0 saturated heterocycles. The first-order valence-corrected chi connectivity index (χ1v) is 8.09. The average molecular weight is 266 g/mol. The molecule has 0 aromatic rings. The molecule has 3 heteroatoms. The number of rotatable bonds is 4. The molecule has 2 saturated carbocycles. The molecular formula is C16H30N2O. The van der Waals surface area contributed by atoms with Crippen molar-refractivity contribution in [2.75, 3.05) is 6.54 Å². The van der Waals surface area contributed by atoms with Crippen LogP contribution in [0.15, 0.2) is 0 Å². The molecule has 1 amide bonds. The molecule has 3 unspecified atom stereocenters. The van der Waals surface area contributed by atoms with Gasteiger partial charge in [-0.25, -0.2) is 0 Å². The first-order valence-electron chi connectivity index (χ1n) is 8.09. The highest BCUT2D eigenvalue weighted by Gasteiger charge is 2.35. The first kappa shape index (κ1) is 14.8. The summed E-state index contributed by atoms with van der Waals surface area (Å²) in [4.78, 5) is 12.4. The third kappa shape index (κ3) is 3.50. The van der Waals surface area contributed by atoms with E-state index < -0.39 is 0 Å². The summed E-state index contributed by atoms with van der Waals surface area (Å²) in [6.45, 7) is 5.35. The van der Waals surface area contributed by atoms with Gasteiger partial charge in [0.25, 0.3) is 0 Å². The zero-order valence-corrected chi connectivity index (χ0v) is 12.6. The Bertz CT molecular complexity index is 310. The summed E-state index contributed by atoms with van der Waals surface area (Å²) in [6, 6.07) is 0.0670.